The van der Waals surface area contributed by atoms with Gasteiger partial charge in [-0.25, -0.2) is 9.59 Å². The number of carboxylic acid groups (broad SMARTS) is 1. The number of hydrogen-bond acceptors (Lipinski definition) is 6. The first-order chi connectivity index (χ1) is 16.2. The normalized spacial score (nSPS) is 14.0. The molecule has 4 N–H and O–H groups in total. The molecule has 0 spiro atoms. The van der Waals surface area contributed by atoms with E-state index in [0.717, 1.165) is 29.2 Å². The number of anilines is 1. The molecule has 34 heavy (non-hydrogen) atoms. The molecule has 1 heterocycles. The molecular formula is C24H24N4O6. The van der Waals surface area contributed by atoms with E-state index in [-0.39, 0.29) is 24.0 Å². The zero-order chi connectivity index (χ0) is 24.5. The van der Waals surface area contributed by atoms with Crippen LogP contribution in [0.25, 0.3) is 11.1 Å². The molecule has 1 unspecified atom stereocenters. The third-order valence-electron chi connectivity index (χ3n) is 5.74. The Morgan fingerprint density at radius 1 is 1.09 bits per heavy atom. The van der Waals surface area contributed by atoms with Crippen molar-refractivity contribution >= 4 is 23.8 Å². The predicted molar refractivity (Wildman–Crippen MR) is 122 cm³/mol. The highest BCUT2D eigenvalue weighted by Crippen LogP contribution is 2.44. The van der Waals surface area contributed by atoms with E-state index in [1.165, 1.54) is 17.8 Å². The number of aromatic nitrogens is 2. The lowest BCUT2D eigenvalue weighted by Crippen LogP contribution is -2.46. The topological polar surface area (TPSA) is 143 Å². The minimum absolute atomic E-state index is 0.0577. The van der Waals surface area contributed by atoms with Crippen LogP contribution < -0.4 is 10.6 Å². The Balaban J connectivity index is 1.39. The van der Waals surface area contributed by atoms with E-state index in [2.05, 4.69) is 15.7 Å². The Bertz CT molecular complexity index is 1220. The fourth-order valence-corrected chi connectivity index (χ4v) is 3.85. The maximum atomic E-state index is 12.5. The molecule has 0 radical (unpaired) electrons. The number of aliphatic carboxylic acids is 1. The van der Waals surface area contributed by atoms with Crippen LogP contribution in [0, 0.1) is 0 Å². The van der Waals surface area contributed by atoms with Crippen LogP contribution >= 0.6 is 0 Å². The molecule has 2 amide bonds. The maximum Gasteiger partial charge on any atom is 0.412 e. The number of benzene rings is 2. The lowest BCUT2D eigenvalue weighted by atomic mass is 9.98. The van der Waals surface area contributed by atoms with E-state index in [9.17, 15) is 19.5 Å². The number of hydrogen-bond donors (Lipinski definition) is 4. The summed E-state index contributed by atoms with van der Waals surface area (Å²) < 4.78 is 6.78. The number of nitrogens with one attached hydrogen (secondary N) is 2. The molecule has 10 nitrogen and oxygen atoms in total. The number of fused-ring (bicyclic) bond motifs is 3. The van der Waals surface area contributed by atoms with Crippen molar-refractivity contribution in [3.63, 3.8) is 0 Å². The van der Waals surface area contributed by atoms with Gasteiger partial charge in [0.25, 0.3) is 5.91 Å². The molecule has 0 aliphatic heterocycles. The molecular weight excluding hydrogens is 440 g/mol. The van der Waals surface area contributed by atoms with Crippen molar-refractivity contribution in [2.45, 2.75) is 18.4 Å². The molecule has 10 heteroatoms. The minimum atomic E-state index is -2.12. The second-order valence-electron chi connectivity index (χ2n) is 8.25. The van der Waals surface area contributed by atoms with Gasteiger partial charge in [-0.05, 0) is 29.2 Å². The molecule has 1 aliphatic carbocycles. The monoisotopic (exact) mass is 464 g/mol. The van der Waals surface area contributed by atoms with Gasteiger partial charge in [0.2, 0.25) is 0 Å². The minimum Gasteiger partial charge on any atom is -0.479 e. The van der Waals surface area contributed by atoms with Gasteiger partial charge in [0.15, 0.2) is 11.3 Å². The van der Waals surface area contributed by atoms with E-state index in [4.69, 9.17) is 9.84 Å². The molecule has 1 aliphatic rings. The molecule has 4 rings (SSSR count). The highest BCUT2D eigenvalue weighted by molar-refractivity contribution is 5.94. The molecule has 3 aromatic rings. The first kappa shape index (κ1) is 23.0. The summed E-state index contributed by atoms with van der Waals surface area (Å²) in [5, 5.41) is 27.5. The number of aliphatic hydroxyl groups is 1. The molecule has 1 aromatic heterocycles. The molecule has 0 fully saturated rings. The van der Waals surface area contributed by atoms with Crippen LogP contribution in [0.2, 0.25) is 0 Å². The number of ether oxygens (including phenoxy) is 1. The van der Waals surface area contributed by atoms with Crippen LogP contribution in [0.1, 0.15) is 34.5 Å². The zero-order valence-electron chi connectivity index (χ0n) is 18.6. The number of carbonyl (C=O) groups is 3. The lowest BCUT2D eigenvalue weighted by molar-refractivity contribution is -0.155. The fraction of sp³-hybridized carbons (Fsp3) is 0.250. The van der Waals surface area contributed by atoms with Crippen molar-refractivity contribution in [3.05, 3.63) is 71.4 Å². The Labute approximate surface area is 195 Å². The van der Waals surface area contributed by atoms with Gasteiger partial charge in [-0.2, -0.15) is 5.10 Å². The summed E-state index contributed by atoms with van der Waals surface area (Å²) in [7, 11) is 1.53. The molecule has 0 saturated heterocycles. The largest absolute Gasteiger partial charge is 0.479 e. The predicted octanol–water partition coefficient (Wildman–Crippen LogP) is 2.35. The van der Waals surface area contributed by atoms with Gasteiger partial charge in [-0.1, -0.05) is 48.5 Å². The van der Waals surface area contributed by atoms with Crippen molar-refractivity contribution in [3.8, 4) is 11.1 Å². The average molecular weight is 464 g/mol. The third kappa shape index (κ3) is 4.48. The van der Waals surface area contributed by atoms with Crippen LogP contribution in [0.15, 0.2) is 54.6 Å². The number of carboxylic acids is 1. The number of nitrogens with zero attached hydrogens (tertiary/aromatic N) is 2. The Morgan fingerprint density at radius 3 is 2.26 bits per heavy atom. The second kappa shape index (κ2) is 8.99. The number of rotatable bonds is 7. The Kier molecular flexibility index (Phi) is 6.08. The van der Waals surface area contributed by atoms with Crippen LogP contribution in [-0.2, 0) is 16.6 Å². The van der Waals surface area contributed by atoms with Gasteiger partial charge in [0, 0.05) is 19.0 Å². The fourth-order valence-electron chi connectivity index (χ4n) is 3.85. The van der Waals surface area contributed by atoms with E-state index in [1.807, 2.05) is 48.5 Å². The van der Waals surface area contributed by atoms with E-state index in [1.54, 1.807) is 0 Å². The summed E-state index contributed by atoms with van der Waals surface area (Å²) in [6, 6.07) is 17.3. The Morgan fingerprint density at radius 2 is 1.68 bits per heavy atom. The van der Waals surface area contributed by atoms with Crippen molar-refractivity contribution < 1.29 is 29.3 Å². The molecule has 176 valence electrons. The van der Waals surface area contributed by atoms with Crippen molar-refractivity contribution in [2.75, 3.05) is 18.5 Å². The van der Waals surface area contributed by atoms with Gasteiger partial charge < -0.3 is 20.3 Å². The first-order valence-electron chi connectivity index (χ1n) is 10.6. The van der Waals surface area contributed by atoms with E-state index < -0.39 is 30.1 Å². The third-order valence-corrected chi connectivity index (χ3v) is 5.74. The highest BCUT2D eigenvalue weighted by atomic mass is 16.5. The first-order valence-corrected chi connectivity index (χ1v) is 10.6. The maximum absolute atomic E-state index is 12.5. The van der Waals surface area contributed by atoms with Gasteiger partial charge in [-0.15, -0.1) is 0 Å². The van der Waals surface area contributed by atoms with Gasteiger partial charge in [0.05, 0.1) is 6.54 Å². The quantitative estimate of drug-likeness (QED) is 0.420. The summed E-state index contributed by atoms with van der Waals surface area (Å²) in [6.07, 6.45) is -0.703. The number of amides is 2. The second-order valence-corrected chi connectivity index (χ2v) is 8.25. The molecule has 0 bridgehead atoms. The summed E-state index contributed by atoms with van der Waals surface area (Å²) >= 11 is 0. The number of aryl methyl sites for hydroxylation is 1. The summed E-state index contributed by atoms with van der Waals surface area (Å²) in [4.78, 5) is 35.7. The van der Waals surface area contributed by atoms with Gasteiger partial charge >= 0.3 is 12.1 Å². The summed E-state index contributed by atoms with van der Waals surface area (Å²) in [6.45, 7) is 0.695. The van der Waals surface area contributed by atoms with Crippen LogP contribution in [-0.4, -0.2) is 56.7 Å². The van der Waals surface area contributed by atoms with Crippen LogP contribution in [0.5, 0.6) is 0 Å². The lowest BCUT2D eigenvalue weighted by Gasteiger charge is -2.17. The SMILES string of the molecule is Cn1nc(C(=O)NCC(C)(O)C(=O)O)cc1NC(=O)OCC1c2ccccc2-c2ccccc21. The van der Waals surface area contributed by atoms with E-state index in [0.29, 0.717) is 0 Å². The van der Waals surface area contributed by atoms with Gasteiger partial charge in [0.1, 0.15) is 12.4 Å². The average Bonchev–Trinajstić information content (AvgIpc) is 3.34. The van der Waals surface area contributed by atoms with Crippen molar-refractivity contribution in [1.82, 2.24) is 15.1 Å². The summed E-state index contributed by atoms with van der Waals surface area (Å²) in [5.74, 6) is -2.04. The smallest absolute Gasteiger partial charge is 0.412 e. The highest BCUT2D eigenvalue weighted by Gasteiger charge is 2.31. The molecule has 1 atom stereocenters. The summed E-state index contributed by atoms with van der Waals surface area (Å²) in [5.41, 5.74) is 2.25. The van der Waals surface area contributed by atoms with Crippen LogP contribution in [0.4, 0.5) is 10.6 Å². The van der Waals surface area contributed by atoms with E-state index >= 15 is 0 Å². The molecule has 0 saturated carbocycles. The Hall–Kier alpha value is -4.18. The standard InChI is InChI=1S/C24H24N4O6/c1-24(33,22(30)31)13-25-21(29)19-11-20(28(2)27-19)26-23(32)34-12-18-16-9-5-3-7-14(16)15-8-4-6-10-17(15)18/h3-11,18,33H,12-13H2,1-2H3,(H,25,29)(H,26,32)(H,30,31). The van der Waals surface area contributed by atoms with Crippen LogP contribution in [0.3, 0.4) is 0 Å². The van der Waals surface area contributed by atoms with Crippen molar-refractivity contribution in [2.24, 2.45) is 7.05 Å². The number of carbonyl (C=O) groups excluding carboxylic acids is 2. The molecule has 2 aromatic carbocycles. The van der Waals surface area contributed by atoms with Crippen molar-refractivity contribution in [1.29, 1.82) is 0 Å². The zero-order valence-corrected chi connectivity index (χ0v) is 18.6. The van der Waals surface area contributed by atoms with Gasteiger partial charge in [-0.3, -0.25) is 14.8 Å².